The Kier molecular flexibility index (Phi) is 45.8. The number of allylic oxidation sites excluding steroid dienone is 18. The molecule has 1 saturated heterocycles. The van der Waals surface area contributed by atoms with Crippen LogP contribution in [0.4, 0.5) is 0 Å². The smallest absolute Gasteiger partial charge is 0.335 e. The monoisotopic (exact) mass is 1050 g/mol. The highest BCUT2D eigenvalue weighted by molar-refractivity contribution is 5.74. The third-order valence-electron chi connectivity index (χ3n) is 12.3. The SMILES string of the molecule is CC/C=C\C/C=C\C/C=C\C/C=C\C/C=C\CCCCCC(=O)OCC(COC1OC(C(=O)O)C(O)C(O)C1OC(=O)CCCCCCC/C=C\CCCC)OC(=O)CCCCCCC/C=C\C/C=C\C/C=C\CC. The van der Waals surface area contributed by atoms with E-state index in [9.17, 15) is 34.5 Å². The number of carbonyl (C=O) groups is 4. The molecular formula is C63H100O12. The molecular weight excluding hydrogens is 949 g/mol. The highest BCUT2D eigenvalue weighted by Crippen LogP contribution is 2.26. The van der Waals surface area contributed by atoms with E-state index in [4.69, 9.17) is 23.7 Å². The average molecular weight is 1050 g/mol. The number of unbranched alkanes of at least 4 members (excludes halogenated alkanes) is 15. The van der Waals surface area contributed by atoms with E-state index >= 15 is 0 Å². The summed E-state index contributed by atoms with van der Waals surface area (Å²) in [7, 11) is 0. The molecule has 424 valence electrons. The van der Waals surface area contributed by atoms with Crippen LogP contribution in [0.3, 0.4) is 0 Å². The molecule has 3 N–H and O–H groups in total. The molecule has 0 aromatic heterocycles. The van der Waals surface area contributed by atoms with E-state index in [2.05, 4.69) is 130 Å². The van der Waals surface area contributed by atoms with Gasteiger partial charge in [-0.2, -0.15) is 0 Å². The van der Waals surface area contributed by atoms with Crippen LogP contribution in [0.5, 0.6) is 0 Å². The summed E-state index contributed by atoms with van der Waals surface area (Å²) in [6.45, 7) is 5.66. The molecule has 1 aliphatic rings. The van der Waals surface area contributed by atoms with Crippen LogP contribution >= 0.6 is 0 Å². The number of esters is 3. The first-order chi connectivity index (χ1) is 36.6. The molecule has 12 nitrogen and oxygen atoms in total. The van der Waals surface area contributed by atoms with E-state index in [-0.39, 0.29) is 25.9 Å². The van der Waals surface area contributed by atoms with Crippen LogP contribution in [0.25, 0.3) is 0 Å². The van der Waals surface area contributed by atoms with Crippen LogP contribution < -0.4 is 0 Å². The van der Waals surface area contributed by atoms with Crippen molar-refractivity contribution in [2.24, 2.45) is 0 Å². The molecule has 0 bridgehead atoms. The molecule has 75 heavy (non-hydrogen) atoms. The molecule has 0 aliphatic carbocycles. The van der Waals surface area contributed by atoms with Crippen molar-refractivity contribution in [3.63, 3.8) is 0 Å². The van der Waals surface area contributed by atoms with Crippen molar-refractivity contribution in [2.75, 3.05) is 13.2 Å². The van der Waals surface area contributed by atoms with Gasteiger partial charge >= 0.3 is 23.9 Å². The van der Waals surface area contributed by atoms with Crippen molar-refractivity contribution in [3.8, 4) is 0 Å². The van der Waals surface area contributed by atoms with Gasteiger partial charge in [0.05, 0.1) is 6.61 Å². The molecule has 0 amide bonds. The van der Waals surface area contributed by atoms with E-state index < -0.39 is 67.3 Å². The summed E-state index contributed by atoms with van der Waals surface area (Å²) in [5.74, 6) is -3.21. The Morgan fingerprint density at radius 2 is 0.840 bits per heavy atom. The molecule has 0 spiro atoms. The van der Waals surface area contributed by atoms with Crippen molar-refractivity contribution in [3.05, 3.63) is 109 Å². The van der Waals surface area contributed by atoms with Gasteiger partial charge in [0.15, 0.2) is 24.6 Å². The summed E-state index contributed by atoms with van der Waals surface area (Å²) < 4.78 is 28.3. The fourth-order valence-electron chi connectivity index (χ4n) is 7.92. The number of aliphatic hydroxyl groups excluding tert-OH is 2. The quantitative estimate of drug-likeness (QED) is 0.0228. The lowest BCUT2D eigenvalue weighted by molar-refractivity contribution is -0.301. The zero-order valence-electron chi connectivity index (χ0n) is 46.5. The number of aliphatic hydroxyl groups is 2. The summed E-state index contributed by atoms with van der Waals surface area (Å²) in [5, 5.41) is 31.4. The number of aliphatic carboxylic acids is 1. The zero-order valence-corrected chi connectivity index (χ0v) is 46.5. The fraction of sp³-hybridized carbons (Fsp3) is 0.651. The van der Waals surface area contributed by atoms with E-state index in [1.165, 1.54) is 12.8 Å². The normalized spacial score (nSPS) is 19.0. The maximum absolute atomic E-state index is 13.1. The number of hydrogen-bond acceptors (Lipinski definition) is 11. The summed E-state index contributed by atoms with van der Waals surface area (Å²) >= 11 is 0. The number of carbonyl (C=O) groups excluding carboxylic acids is 3. The van der Waals surface area contributed by atoms with Crippen LogP contribution in [0.1, 0.15) is 213 Å². The van der Waals surface area contributed by atoms with Gasteiger partial charge in [-0.05, 0) is 116 Å². The van der Waals surface area contributed by atoms with Crippen molar-refractivity contribution in [1.29, 1.82) is 0 Å². The second-order valence-electron chi connectivity index (χ2n) is 19.2. The predicted molar refractivity (Wildman–Crippen MR) is 303 cm³/mol. The summed E-state index contributed by atoms with van der Waals surface area (Å²) in [4.78, 5) is 51.0. The summed E-state index contributed by atoms with van der Waals surface area (Å²) in [5.41, 5.74) is 0. The minimum atomic E-state index is -1.92. The number of hydrogen-bond donors (Lipinski definition) is 3. The first kappa shape index (κ1) is 68.4. The van der Waals surface area contributed by atoms with Gasteiger partial charge in [-0.15, -0.1) is 0 Å². The molecule has 6 atom stereocenters. The average Bonchev–Trinajstić information content (AvgIpc) is 3.39. The zero-order chi connectivity index (χ0) is 54.7. The molecule has 12 heteroatoms. The molecule has 0 saturated carbocycles. The van der Waals surface area contributed by atoms with Crippen molar-refractivity contribution >= 4 is 23.9 Å². The van der Waals surface area contributed by atoms with Gasteiger partial charge in [0.1, 0.15) is 18.8 Å². The molecule has 6 unspecified atom stereocenters. The summed E-state index contributed by atoms with van der Waals surface area (Å²) in [6, 6.07) is 0. The van der Waals surface area contributed by atoms with E-state index in [1.807, 2.05) is 0 Å². The molecule has 1 rings (SSSR count). The highest BCUT2D eigenvalue weighted by atomic mass is 16.7. The number of carboxylic acids is 1. The van der Waals surface area contributed by atoms with Crippen molar-refractivity contribution < 1.29 is 58.2 Å². The first-order valence-electron chi connectivity index (χ1n) is 28.9. The Hall–Kier alpha value is -4.62. The van der Waals surface area contributed by atoms with Crippen LogP contribution in [0, 0.1) is 0 Å². The molecule has 1 heterocycles. The Labute approximate surface area is 453 Å². The standard InChI is InChI=1S/C63H100O12/c1-4-7-10-13-16-19-22-24-26-27-28-29-31-32-35-37-40-43-46-49-55(64)71-52-54(73-56(65)50-47-44-41-39-36-33-30-25-23-20-17-14-11-8-5-2)53-72-63-61(59(68)58(67)60(75-63)62(69)70)74-57(66)51-48-45-42-38-34-21-18-15-12-9-6-3/h7-8,10-11,15-20,24-26,28-30,32,35,54,58-61,63,67-68H,4-6,9,12-14,21-23,27,31,33-34,36-53H2,1-3H3,(H,69,70)/b10-7-,11-8-,18-15-,19-16-,20-17-,26-24-,29-28-,30-25-,35-32-. The van der Waals surface area contributed by atoms with E-state index in [0.717, 1.165) is 141 Å². The Balaban J connectivity index is 2.73. The lowest BCUT2D eigenvalue weighted by Crippen LogP contribution is -2.61. The lowest BCUT2D eigenvalue weighted by Gasteiger charge is -2.40. The molecule has 1 fully saturated rings. The second-order valence-corrected chi connectivity index (χ2v) is 19.2. The lowest BCUT2D eigenvalue weighted by atomic mass is 9.98. The molecule has 0 aromatic carbocycles. The van der Waals surface area contributed by atoms with Gasteiger partial charge in [-0.3, -0.25) is 14.4 Å². The number of rotatable bonds is 47. The minimum absolute atomic E-state index is 0.0391. The highest BCUT2D eigenvalue weighted by Gasteiger charge is 2.50. The Bertz CT molecular complexity index is 1720. The van der Waals surface area contributed by atoms with Crippen molar-refractivity contribution in [2.45, 2.75) is 250 Å². The second kappa shape index (κ2) is 50.2. The number of ether oxygens (including phenoxy) is 5. The Morgan fingerprint density at radius 3 is 1.31 bits per heavy atom. The fourth-order valence-corrected chi connectivity index (χ4v) is 7.92. The third-order valence-corrected chi connectivity index (χ3v) is 12.3. The van der Waals surface area contributed by atoms with Gasteiger partial charge < -0.3 is 39.0 Å². The van der Waals surface area contributed by atoms with Crippen LogP contribution in [-0.4, -0.2) is 89.2 Å². The van der Waals surface area contributed by atoms with Gasteiger partial charge in [0, 0.05) is 19.3 Å². The van der Waals surface area contributed by atoms with Gasteiger partial charge in [-0.1, -0.05) is 188 Å². The topological polar surface area (TPSA) is 175 Å². The third kappa shape index (κ3) is 40.3. The molecule has 0 radical (unpaired) electrons. The van der Waals surface area contributed by atoms with Crippen molar-refractivity contribution in [1.82, 2.24) is 0 Å². The maximum Gasteiger partial charge on any atom is 0.335 e. The minimum Gasteiger partial charge on any atom is -0.479 e. The van der Waals surface area contributed by atoms with Crippen LogP contribution in [-0.2, 0) is 42.9 Å². The predicted octanol–water partition coefficient (Wildman–Crippen LogP) is 14.7. The maximum atomic E-state index is 13.1. The Morgan fingerprint density at radius 1 is 0.453 bits per heavy atom. The summed E-state index contributed by atoms with van der Waals surface area (Å²) in [6.07, 6.45) is 54.9. The first-order valence-corrected chi connectivity index (χ1v) is 28.9. The molecule has 0 aromatic rings. The van der Waals surface area contributed by atoms with Gasteiger partial charge in [-0.25, -0.2) is 4.79 Å². The van der Waals surface area contributed by atoms with E-state index in [1.54, 1.807) is 0 Å². The van der Waals surface area contributed by atoms with Crippen LogP contribution in [0.15, 0.2) is 109 Å². The van der Waals surface area contributed by atoms with Crippen LogP contribution in [0.2, 0.25) is 0 Å². The number of carboxylic acid groups (broad SMARTS) is 1. The van der Waals surface area contributed by atoms with Gasteiger partial charge in [0.25, 0.3) is 0 Å². The molecule has 1 aliphatic heterocycles. The largest absolute Gasteiger partial charge is 0.479 e. The van der Waals surface area contributed by atoms with E-state index in [0.29, 0.717) is 19.3 Å². The van der Waals surface area contributed by atoms with Gasteiger partial charge in [0.2, 0.25) is 0 Å².